The van der Waals surface area contributed by atoms with Gasteiger partial charge in [0.2, 0.25) is 5.91 Å². The summed E-state index contributed by atoms with van der Waals surface area (Å²) in [6, 6.07) is 0.00468. The first-order chi connectivity index (χ1) is 7.50. The fourth-order valence-corrected chi connectivity index (χ4v) is 2.30. The molecule has 88 valence electrons. The van der Waals surface area contributed by atoms with Gasteiger partial charge in [-0.2, -0.15) is 0 Å². The van der Waals surface area contributed by atoms with Gasteiger partial charge in [-0.25, -0.2) is 0 Å². The molecule has 2 N–H and O–H groups in total. The number of carbonyl (C=O) groups excluding carboxylic acids is 1. The van der Waals surface area contributed by atoms with Crippen LogP contribution in [0.2, 0.25) is 0 Å². The number of carboxylic acid groups (broad SMARTS) is 1. The van der Waals surface area contributed by atoms with E-state index in [4.69, 9.17) is 9.84 Å². The third kappa shape index (κ3) is 1.71. The molecule has 0 aromatic heterocycles. The van der Waals surface area contributed by atoms with Crippen LogP contribution in [0.3, 0.4) is 0 Å². The first kappa shape index (κ1) is 11.1. The zero-order chi connectivity index (χ0) is 11.9. The normalized spacial score (nSPS) is 35.7. The molecule has 0 unspecified atom stereocenters. The summed E-state index contributed by atoms with van der Waals surface area (Å²) in [7, 11) is 0. The smallest absolute Gasteiger partial charge is 0.310 e. The van der Waals surface area contributed by atoms with Crippen LogP contribution in [0.15, 0.2) is 12.2 Å². The third-order valence-electron chi connectivity index (χ3n) is 2.92. The molecular formula is C11H15NO4. The van der Waals surface area contributed by atoms with Gasteiger partial charge in [-0.1, -0.05) is 12.2 Å². The van der Waals surface area contributed by atoms with Crippen LogP contribution in [-0.4, -0.2) is 35.2 Å². The number of nitrogens with one attached hydrogen (secondary N) is 1. The second-order valence-electron chi connectivity index (χ2n) is 4.50. The number of rotatable bonds is 3. The minimum Gasteiger partial charge on any atom is -0.481 e. The van der Waals surface area contributed by atoms with Gasteiger partial charge in [0.05, 0.1) is 18.1 Å². The van der Waals surface area contributed by atoms with E-state index in [1.165, 1.54) is 0 Å². The molecule has 2 heterocycles. The van der Waals surface area contributed by atoms with Gasteiger partial charge in [0.25, 0.3) is 0 Å². The van der Waals surface area contributed by atoms with E-state index in [1.807, 2.05) is 13.8 Å². The molecule has 0 aromatic rings. The summed E-state index contributed by atoms with van der Waals surface area (Å²) in [5.74, 6) is -2.57. The van der Waals surface area contributed by atoms with Crippen molar-refractivity contribution in [3.8, 4) is 0 Å². The molecule has 4 atom stereocenters. The molecule has 0 aromatic carbocycles. The molecule has 16 heavy (non-hydrogen) atoms. The van der Waals surface area contributed by atoms with Gasteiger partial charge in [-0.05, 0) is 13.8 Å². The van der Waals surface area contributed by atoms with Crippen molar-refractivity contribution in [2.75, 3.05) is 0 Å². The van der Waals surface area contributed by atoms with Crippen LogP contribution in [0.1, 0.15) is 13.8 Å². The Balaban J connectivity index is 2.16. The van der Waals surface area contributed by atoms with Crippen molar-refractivity contribution in [2.24, 2.45) is 11.8 Å². The maximum Gasteiger partial charge on any atom is 0.310 e. The van der Waals surface area contributed by atoms with Crippen LogP contribution in [0.5, 0.6) is 0 Å². The number of carbonyl (C=O) groups is 2. The monoisotopic (exact) mass is 225 g/mol. The molecule has 1 saturated heterocycles. The van der Waals surface area contributed by atoms with E-state index in [1.54, 1.807) is 12.2 Å². The summed E-state index contributed by atoms with van der Waals surface area (Å²) < 4.78 is 5.41. The summed E-state index contributed by atoms with van der Waals surface area (Å²) in [6.07, 6.45) is 2.66. The van der Waals surface area contributed by atoms with Crippen LogP contribution >= 0.6 is 0 Å². The Labute approximate surface area is 93.5 Å². The van der Waals surface area contributed by atoms with E-state index in [9.17, 15) is 9.59 Å². The van der Waals surface area contributed by atoms with E-state index in [0.717, 1.165) is 0 Å². The largest absolute Gasteiger partial charge is 0.481 e. The van der Waals surface area contributed by atoms with Gasteiger partial charge >= 0.3 is 5.97 Å². The van der Waals surface area contributed by atoms with Crippen LogP contribution in [0.25, 0.3) is 0 Å². The fraction of sp³-hybridized carbons (Fsp3) is 0.636. The van der Waals surface area contributed by atoms with Gasteiger partial charge in [-0.15, -0.1) is 0 Å². The first-order valence-electron chi connectivity index (χ1n) is 5.37. The molecule has 2 aliphatic rings. The number of aliphatic carboxylic acids is 1. The summed E-state index contributed by atoms with van der Waals surface area (Å²) in [4.78, 5) is 23.0. The number of carboxylic acids is 1. The van der Waals surface area contributed by atoms with E-state index < -0.39 is 23.9 Å². The lowest BCUT2D eigenvalue weighted by Crippen LogP contribution is -2.44. The van der Waals surface area contributed by atoms with E-state index in [0.29, 0.717) is 0 Å². The SMILES string of the molecule is CC(C)NC(=O)[C@@H]1[C@@H](C(=O)O)[C@H]2C=C[C@H]1O2. The Bertz CT molecular complexity index is 350. The number of amides is 1. The Morgan fingerprint density at radius 1 is 1.25 bits per heavy atom. The standard InChI is InChI=1S/C11H15NO4/c1-5(2)12-10(13)8-6-3-4-7(16-6)9(8)11(14)15/h3-9H,1-2H3,(H,12,13)(H,14,15)/t6-,7-,8+,9+/m1/s1. The predicted molar refractivity (Wildman–Crippen MR) is 55.7 cm³/mol. The number of fused-ring (bicyclic) bond motifs is 2. The van der Waals surface area contributed by atoms with E-state index in [-0.39, 0.29) is 18.1 Å². The summed E-state index contributed by atoms with van der Waals surface area (Å²) >= 11 is 0. The van der Waals surface area contributed by atoms with Gasteiger partial charge in [0.15, 0.2) is 0 Å². The Kier molecular flexibility index (Phi) is 2.71. The van der Waals surface area contributed by atoms with Gasteiger partial charge in [-0.3, -0.25) is 9.59 Å². The predicted octanol–water partition coefficient (Wildman–Crippen LogP) is 0.165. The van der Waals surface area contributed by atoms with Crippen LogP contribution in [0.4, 0.5) is 0 Å². The van der Waals surface area contributed by atoms with Crippen molar-refractivity contribution >= 4 is 11.9 Å². The summed E-state index contributed by atoms with van der Waals surface area (Å²) in [5.41, 5.74) is 0. The van der Waals surface area contributed by atoms with E-state index >= 15 is 0 Å². The lowest BCUT2D eigenvalue weighted by molar-refractivity contribution is -0.146. The maximum absolute atomic E-state index is 11.9. The van der Waals surface area contributed by atoms with Crippen LogP contribution < -0.4 is 5.32 Å². The summed E-state index contributed by atoms with van der Waals surface area (Å²) in [6.45, 7) is 3.69. The minimum atomic E-state index is -0.972. The van der Waals surface area contributed by atoms with Crippen molar-refractivity contribution in [1.82, 2.24) is 5.32 Å². The van der Waals surface area contributed by atoms with Gasteiger partial charge < -0.3 is 15.2 Å². The molecule has 1 fully saturated rings. The highest BCUT2D eigenvalue weighted by molar-refractivity contribution is 5.87. The zero-order valence-electron chi connectivity index (χ0n) is 9.21. The van der Waals surface area contributed by atoms with Crippen molar-refractivity contribution < 1.29 is 19.4 Å². The van der Waals surface area contributed by atoms with Gasteiger partial charge in [0, 0.05) is 6.04 Å². The molecule has 2 rings (SSSR count). The Hall–Kier alpha value is -1.36. The van der Waals surface area contributed by atoms with Crippen LogP contribution in [-0.2, 0) is 14.3 Å². The molecule has 5 nitrogen and oxygen atoms in total. The van der Waals surface area contributed by atoms with Crippen molar-refractivity contribution in [3.05, 3.63) is 12.2 Å². The minimum absolute atomic E-state index is 0.00468. The quantitative estimate of drug-likeness (QED) is 0.671. The highest BCUT2D eigenvalue weighted by Crippen LogP contribution is 2.39. The number of ether oxygens (including phenoxy) is 1. The molecule has 2 bridgehead atoms. The average Bonchev–Trinajstić information content (AvgIpc) is 2.74. The molecule has 2 aliphatic heterocycles. The molecule has 0 radical (unpaired) electrons. The molecule has 1 amide bonds. The lowest BCUT2D eigenvalue weighted by atomic mass is 9.82. The highest BCUT2D eigenvalue weighted by atomic mass is 16.5. The topological polar surface area (TPSA) is 75.6 Å². The Morgan fingerprint density at radius 3 is 2.31 bits per heavy atom. The second kappa shape index (κ2) is 3.90. The Morgan fingerprint density at radius 2 is 1.81 bits per heavy atom. The van der Waals surface area contributed by atoms with Gasteiger partial charge in [0.1, 0.15) is 5.92 Å². The van der Waals surface area contributed by atoms with E-state index in [2.05, 4.69) is 5.32 Å². The third-order valence-corrected chi connectivity index (χ3v) is 2.92. The fourth-order valence-electron chi connectivity index (χ4n) is 2.30. The first-order valence-corrected chi connectivity index (χ1v) is 5.37. The molecule has 0 aliphatic carbocycles. The molecular weight excluding hydrogens is 210 g/mol. The molecule has 5 heteroatoms. The van der Waals surface area contributed by atoms with Crippen molar-refractivity contribution in [3.63, 3.8) is 0 Å². The lowest BCUT2D eigenvalue weighted by Gasteiger charge is -2.22. The zero-order valence-corrected chi connectivity index (χ0v) is 9.21. The average molecular weight is 225 g/mol. The molecule has 0 spiro atoms. The highest BCUT2D eigenvalue weighted by Gasteiger charge is 2.53. The second-order valence-corrected chi connectivity index (χ2v) is 4.50. The summed E-state index contributed by atoms with van der Waals surface area (Å²) in [5, 5.41) is 11.8. The van der Waals surface area contributed by atoms with Crippen molar-refractivity contribution in [2.45, 2.75) is 32.1 Å². The maximum atomic E-state index is 11.9. The number of hydrogen-bond donors (Lipinski definition) is 2. The van der Waals surface area contributed by atoms with Crippen LogP contribution in [0, 0.1) is 11.8 Å². The number of hydrogen-bond acceptors (Lipinski definition) is 3. The van der Waals surface area contributed by atoms with Crippen molar-refractivity contribution in [1.29, 1.82) is 0 Å². The molecule has 0 saturated carbocycles.